The average Bonchev–Trinajstić information content (AvgIpc) is 3.49. The van der Waals surface area contributed by atoms with Gasteiger partial charge < -0.3 is 14.6 Å². The van der Waals surface area contributed by atoms with Gasteiger partial charge >= 0.3 is 5.97 Å². The third kappa shape index (κ3) is 4.91. The van der Waals surface area contributed by atoms with Crippen LogP contribution in [0.2, 0.25) is 0 Å². The van der Waals surface area contributed by atoms with Gasteiger partial charge in [-0.25, -0.2) is 9.18 Å². The van der Waals surface area contributed by atoms with E-state index in [0.29, 0.717) is 11.6 Å². The summed E-state index contributed by atoms with van der Waals surface area (Å²) in [6.45, 7) is 3.38. The lowest BCUT2D eigenvalue weighted by atomic mass is 10.1. The molecule has 1 N–H and O–H groups in total. The van der Waals surface area contributed by atoms with E-state index in [0.717, 1.165) is 29.8 Å². The molecule has 2 aromatic rings. The molecule has 1 fully saturated rings. The van der Waals surface area contributed by atoms with E-state index in [-0.39, 0.29) is 12.1 Å². The fourth-order valence-corrected chi connectivity index (χ4v) is 3.23. The molecular formula is C22H22FN3O3. The van der Waals surface area contributed by atoms with Crippen LogP contribution in [-0.2, 0) is 20.9 Å². The van der Waals surface area contributed by atoms with Crippen LogP contribution in [0.4, 0.5) is 4.39 Å². The highest BCUT2D eigenvalue weighted by molar-refractivity contribution is 5.99. The van der Waals surface area contributed by atoms with Gasteiger partial charge in [-0.05, 0) is 50.5 Å². The van der Waals surface area contributed by atoms with Crippen molar-refractivity contribution in [2.24, 2.45) is 0 Å². The fourth-order valence-electron chi connectivity index (χ4n) is 3.23. The molecule has 0 aliphatic heterocycles. The van der Waals surface area contributed by atoms with Crippen molar-refractivity contribution in [2.45, 2.75) is 39.3 Å². The number of nitrogens with zero attached hydrogens (tertiary/aromatic N) is 2. The molecule has 1 aromatic carbocycles. The molecule has 0 unspecified atom stereocenters. The maximum atomic E-state index is 13.5. The van der Waals surface area contributed by atoms with E-state index >= 15 is 0 Å². The third-order valence-corrected chi connectivity index (χ3v) is 4.84. The lowest BCUT2D eigenvalue weighted by Crippen LogP contribution is -2.28. The van der Waals surface area contributed by atoms with Crippen LogP contribution in [0.25, 0.3) is 6.08 Å². The second-order valence-corrected chi connectivity index (χ2v) is 7.04. The topological polar surface area (TPSA) is 84.1 Å². The van der Waals surface area contributed by atoms with E-state index in [4.69, 9.17) is 4.74 Å². The molecule has 0 spiro atoms. The van der Waals surface area contributed by atoms with E-state index in [2.05, 4.69) is 9.88 Å². The Balaban J connectivity index is 1.58. The van der Waals surface area contributed by atoms with E-state index in [9.17, 15) is 19.2 Å². The minimum Gasteiger partial charge on any atom is -0.451 e. The number of hydrogen-bond acceptors (Lipinski definition) is 4. The standard InChI is InChI=1S/C22H22FN3O3/c1-14-9-17(15(2)26(14)19-7-8-19)10-18(11-24)22(28)29-13-21(27)25-12-16-5-3-4-6-20(16)23/h3-6,9-10,19H,7-8,12-13H2,1-2H3,(H,25,27)/b18-10+. The van der Waals surface area contributed by atoms with Crippen LogP contribution >= 0.6 is 0 Å². The molecular weight excluding hydrogens is 373 g/mol. The number of esters is 1. The second kappa shape index (κ2) is 8.74. The number of nitrogens with one attached hydrogen (secondary N) is 1. The molecule has 1 amide bonds. The molecule has 6 nitrogen and oxygen atoms in total. The number of ether oxygens (including phenoxy) is 1. The number of benzene rings is 1. The Labute approximate surface area is 168 Å². The Morgan fingerprint density at radius 3 is 2.72 bits per heavy atom. The first-order valence-electron chi connectivity index (χ1n) is 9.38. The van der Waals surface area contributed by atoms with Gasteiger partial charge in [0.15, 0.2) is 6.61 Å². The Kier molecular flexibility index (Phi) is 6.13. The number of aromatic nitrogens is 1. The molecule has 1 aliphatic rings. The smallest absolute Gasteiger partial charge is 0.349 e. The molecule has 1 heterocycles. The monoisotopic (exact) mass is 395 g/mol. The van der Waals surface area contributed by atoms with E-state index in [1.165, 1.54) is 12.1 Å². The van der Waals surface area contributed by atoms with Gasteiger partial charge in [-0.1, -0.05) is 18.2 Å². The van der Waals surface area contributed by atoms with Crippen molar-refractivity contribution in [1.82, 2.24) is 9.88 Å². The zero-order chi connectivity index (χ0) is 21.0. The number of hydrogen-bond donors (Lipinski definition) is 1. The van der Waals surface area contributed by atoms with Crippen LogP contribution in [0.5, 0.6) is 0 Å². The number of carbonyl (C=O) groups is 2. The summed E-state index contributed by atoms with van der Waals surface area (Å²) in [5, 5.41) is 11.8. The van der Waals surface area contributed by atoms with Crippen molar-refractivity contribution in [2.75, 3.05) is 6.61 Å². The van der Waals surface area contributed by atoms with Crippen molar-refractivity contribution in [3.63, 3.8) is 0 Å². The first-order chi connectivity index (χ1) is 13.9. The molecule has 0 atom stereocenters. The second-order valence-electron chi connectivity index (χ2n) is 7.04. The molecule has 29 heavy (non-hydrogen) atoms. The summed E-state index contributed by atoms with van der Waals surface area (Å²) in [4.78, 5) is 24.1. The molecule has 0 bridgehead atoms. The first-order valence-corrected chi connectivity index (χ1v) is 9.38. The van der Waals surface area contributed by atoms with Gasteiger partial charge in [0.2, 0.25) is 0 Å². The highest BCUT2D eigenvalue weighted by atomic mass is 19.1. The van der Waals surface area contributed by atoms with E-state index < -0.39 is 24.3 Å². The summed E-state index contributed by atoms with van der Waals surface area (Å²) in [6, 6.07) is 10.3. The minimum atomic E-state index is -0.871. The molecule has 1 saturated carbocycles. The zero-order valence-corrected chi connectivity index (χ0v) is 16.4. The normalized spacial score (nSPS) is 13.7. The van der Waals surface area contributed by atoms with Gasteiger partial charge in [-0.2, -0.15) is 5.26 Å². The highest BCUT2D eigenvalue weighted by Gasteiger charge is 2.27. The molecule has 0 radical (unpaired) electrons. The van der Waals surface area contributed by atoms with Gasteiger partial charge in [0, 0.05) is 29.5 Å². The van der Waals surface area contributed by atoms with E-state index in [1.54, 1.807) is 18.2 Å². The Hall–Kier alpha value is -3.40. The molecule has 1 aromatic heterocycles. The number of carbonyl (C=O) groups excluding carboxylic acids is 2. The van der Waals surface area contributed by atoms with Crippen molar-refractivity contribution in [3.05, 3.63) is 64.2 Å². The molecule has 7 heteroatoms. The zero-order valence-electron chi connectivity index (χ0n) is 16.4. The van der Waals surface area contributed by atoms with Crippen LogP contribution < -0.4 is 5.32 Å². The van der Waals surface area contributed by atoms with Crippen molar-refractivity contribution >= 4 is 18.0 Å². The van der Waals surface area contributed by atoms with E-state index in [1.807, 2.05) is 26.0 Å². The SMILES string of the molecule is Cc1cc(/C=C(\C#N)C(=O)OCC(=O)NCc2ccccc2F)c(C)n1C1CC1. The van der Waals surface area contributed by atoms with Crippen molar-refractivity contribution < 1.29 is 18.7 Å². The summed E-state index contributed by atoms with van der Waals surface area (Å²) >= 11 is 0. The Morgan fingerprint density at radius 2 is 2.07 bits per heavy atom. The Morgan fingerprint density at radius 1 is 1.34 bits per heavy atom. The number of aryl methyl sites for hydroxylation is 1. The summed E-state index contributed by atoms with van der Waals surface area (Å²) < 4.78 is 20.7. The van der Waals surface area contributed by atoms with Gasteiger partial charge in [-0.15, -0.1) is 0 Å². The Bertz CT molecular complexity index is 1010. The largest absolute Gasteiger partial charge is 0.451 e. The predicted molar refractivity (Wildman–Crippen MR) is 105 cm³/mol. The van der Waals surface area contributed by atoms with Gasteiger partial charge in [0.05, 0.1) is 0 Å². The van der Waals surface area contributed by atoms with Crippen LogP contribution in [0.1, 0.15) is 41.4 Å². The lowest BCUT2D eigenvalue weighted by Gasteiger charge is -2.08. The molecule has 0 saturated heterocycles. The van der Waals surface area contributed by atoms with Gasteiger partial charge in [0.1, 0.15) is 17.5 Å². The van der Waals surface area contributed by atoms with Crippen molar-refractivity contribution in [3.8, 4) is 6.07 Å². The van der Waals surface area contributed by atoms with Gasteiger partial charge in [0.25, 0.3) is 5.91 Å². The van der Waals surface area contributed by atoms with Gasteiger partial charge in [-0.3, -0.25) is 4.79 Å². The molecule has 150 valence electrons. The maximum Gasteiger partial charge on any atom is 0.349 e. The number of rotatable bonds is 7. The number of halogens is 1. The summed E-state index contributed by atoms with van der Waals surface area (Å²) in [7, 11) is 0. The maximum absolute atomic E-state index is 13.5. The molecule has 3 rings (SSSR count). The van der Waals surface area contributed by atoms with Crippen LogP contribution in [0.15, 0.2) is 35.9 Å². The summed E-state index contributed by atoms with van der Waals surface area (Å²) in [6.07, 6.45) is 3.75. The average molecular weight is 395 g/mol. The minimum absolute atomic E-state index is 0.0167. The lowest BCUT2D eigenvalue weighted by molar-refractivity contribution is -0.144. The fraction of sp³-hybridized carbons (Fsp3) is 0.318. The van der Waals surface area contributed by atoms with Crippen molar-refractivity contribution in [1.29, 1.82) is 5.26 Å². The number of nitriles is 1. The summed E-state index contributed by atoms with van der Waals surface area (Å²) in [5.74, 6) is -1.88. The molecule has 1 aliphatic carbocycles. The van der Waals surface area contributed by atoms with Crippen LogP contribution in [-0.4, -0.2) is 23.1 Å². The van der Waals surface area contributed by atoms with Crippen LogP contribution in [0.3, 0.4) is 0 Å². The third-order valence-electron chi connectivity index (χ3n) is 4.84. The quantitative estimate of drug-likeness (QED) is 0.443. The first kappa shape index (κ1) is 20.3. The highest BCUT2D eigenvalue weighted by Crippen LogP contribution is 2.38. The predicted octanol–water partition coefficient (Wildman–Crippen LogP) is 3.35. The summed E-state index contributed by atoms with van der Waals surface area (Å²) in [5.41, 5.74) is 3.01. The van der Waals surface area contributed by atoms with Crippen LogP contribution in [0, 0.1) is 31.0 Å². The number of amides is 1.